The number of fused-ring (bicyclic) bond motifs is 1. The highest BCUT2D eigenvalue weighted by atomic mass is 19.1. The molecule has 1 N–H and O–H groups in total. The van der Waals surface area contributed by atoms with Crippen LogP contribution in [0.25, 0.3) is 5.52 Å². The number of amides is 1. The Hall–Kier alpha value is -3.82. The van der Waals surface area contributed by atoms with Gasteiger partial charge in [0.15, 0.2) is 0 Å². The maximum atomic E-state index is 14.6. The molecule has 3 aromatic heterocycles. The first-order valence-corrected chi connectivity index (χ1v) is 13.4. The zero-order valence-corrected chi connectivity index (χ0v) is 21.4. The molecule has 6 rings (SSSR count). The zero-order valence-electron chi connectivity index (χ0n) is 21.4. The van der Waals surface area contributed by atoms with E-state index in [1.54, 1.807) is 17.0 Å². The van der Waals surface area contributed by atoms with Gasteiger partial charge in [-0.15, -0.1) is 0 Å². The Bertz CT molecular complexity index is 1460. The lowest BCUT2D eigenvalue weighted by molar-refractivity contribution is 0.0927. The molecule has 2 fully saturated rings. The fourth-order valence-corrected chi connectivity index (χ4v) is 6.08. The van der Waals surface area contributed by atoms with Gasteiger partial charge in [0.05, 0.1) is 23.3 Å². The smallest absolute Gasteiger partial charge is 0.255 e. The molecule has 1 amide bonds. The number of aromatic nitrogens is 5. The Labute approximate surface area is 219 Å². The molecule has 1 aliphatic carbocycles. The maximum Gasteiger partial charge on any atom is 0.255 e. The van der Waals surface area contributed by atoms with Crippen LogP contribution >= 0.6 is 0 Å². The van der Waals surface area contributed by atoms with Gasteiger partial charge >= 0.3 is 0 Å². The first-order chi connectivity index (χ1) is 18.5. The van der Waals surface area contributed by atoms with Gasteiger partial charge in [0.25, 0.3) is 5.91 Å². The van der Waals surface area contributed by atoms with Gasteiger partial charge in [0, 0.05) is 42.5 Å². The van der Waals surface area contributed by atoms with Crippen molar-refractivity contribution in [3.8, 4) is 0 Å². The number of benzene rings is 1. The molecule has 0 spiro atoms. The third-order valence-electron chi connectivity index (χ3n) is 8.02. The van der Waals surface area contributed by atoms with Crippen LogP contribution < -0.4 is 10.2 Å². The molecule has 8 nitrogen and oxygen atoms in total. The summed E-state index contributed by atoms with van der Waals surface area (Å²) < 4.78 is 32.1. The number of hydrogen-bond donors (Lipinski definition) is 1. The molecule has 198 valence electrons. The van der Waals surface area contributed by atoms with Gasteiger partial charge in [-0.1, -0.05) is 0 Å². The van der Waals surface area contributed by atoms with E-state index < -0.39 is 11.6 Å². The van der Waals surface area contributed by atoms with Crippen LogP contribution in [-0.4, -0.2) is 42.9 Å². The minimum atomic E-state index is -0.445. The Morgan fingerprint density at radius 3 is 2.74 bits per heavy atom. The van der Waals surface area contributed by atoms with Crippen molar-refractivity contribution in [3.05, 3.63) is 77.6 Å². The van der Waals surface area contributed by atoms with Gasteiger partial charge in [-0.3, -0.25) is 9.48 Å². The number of pyridine rings is 1. The van der Waals surface area contributed by atoms with Gasteiger partial charge in [0.2, 0.25) is 0 Å². The van der Waals surface area contributed by atoms with Crippen molar-refractivity contribution in [2.24, 2.45) is 0 Å². The van der Waals surface area contributed by atoms with Gasteiger partial charge in [-0.05, 0) is 75.8 Å². The second-order valence-electron chi connectivity index (χ2n) is 10.2. The van der Waals surface area contributed by atoms with Gasteiger partial charge < -0.3 is 10.2 Å². The van der Waals surface area contributed by atoms with Gasteiger partial charge in [0.1, 0.15) is 23.8 Å². The van der Waals surface area contributed by atoms with Crippen LogP contribution in [0.15, 0.2) is 49.1 Å². The van der Waals surface area contributed by atoms with Gasteiger partial charge in [-0.25, -0.2) is 18.3 Å². The predicted molar refractivity (Wildman–Crippen MR) is 139 cm³/mol. The summed E-state index contributed by atoms with van der Waals surface area (Å²) in [6.07, 6.45) is 10.3. The van der Waals surface area contributed by atoms with Crippen LogP contribution in [0.5, 0.6) is 0 Å². The number of rotatable bonds is 6. The molecule has 1 saturated heterocycles. The highest BCUT2D eigenvalue weighted by Crippen LogP contribution is 2.38. The average molecular weight is 520 g/mol. The Morgan fingerprint density at radius 2 is 1.92 bits per heavy atom. The van der Waals surface area contributed by atoms with E-state index in [0.717, 1.165) is 69.2 Å². The summed E-state index contributed by atoms with van der Waals surface area (Å²) >= 11 is 0. The summed E-state index contributed by atoms with van der Waals surface area (Å²) in [5.41, 5.74) is 2.42. The first kappa shape index (κ1) is 24.5. The van der Waals surface area contributed by atoms with E-state index in [1.165, 1.54) is 12.1 Å². The molecule has 0 radical (unpaired) electrons. The largest absolute Gasteiger partial charge is 0.364 e. The molecule has 10 heteroatoms. The summed E-state index contributed by atoms with van der Waals surface area (Å²) in [4.78, 5) is 19.8. The highest BCUT2D eigenvalue weighted by Gasteiger charge is 2.30. The summed E-state index contributed by atoms with van der Waals surface area (Å²) in [5, 5.41) is 11.9. The minimum Gasteiger partial charge on any atom is -0.364 e. The molecule has 1 aromatic carbocycles. The quantitative estimate of drug-likeness (QED) is 0.387. The van der Waals surface area contributed by atoms with Crippen molar-refractivity contribution in [2.45, 2.75) is 70.0 Å². The third-order valence-corrected chi connectivity index (χ3v) is 8.02. The van der Waals surface area contributed by atoms with Crippen LogP contribution in [0.1, 0.15) is 79.2 Å². The summed E-state index contributed by atoms with van der Waals surface area (Å²) in [5.74, 6) is 0.400. The van der Waals surface area contributed by atoms with Crippen LogP contribution in [0.4, 0.5) is 14.5 Å². The Kier molecular flexibility index (Phi) is 6.55. The number of hydrogen-bond acceptors (Lipinski definition) is 5. The number of aryl methyl sites for hydroxylation is 1. The number of halogens is 2. The van der Waals surface area contributed by atoms with E-state index in [1.807, 2.05) is 23.0 Å². The number of carbonyl (C=O) groups excluding carboxylic acids is 1. The topological polar surface area (TPSA) is 80.3 Å². The van der Waals surface area contributed by atoms with Crippen molar-refractivity contribution in [3.63, 3.8) is 0 Å². The fraction of sp³-hybridized carbons (Fsp3) is 0.429. The van der Waals surface area contributed by atoms with Crippen LogP contribution in [-0.2, 0) is 6.54 Å². The molecular formula is C28H31F2N7O. The summed E-state index contributed by atoms with van der Waals surface area (Å²) in [6.45, 7) is 3.59. The van der Waals surface area contributed by atoms with Crippen LogP contribution in [0.3, 0.4) is 0 Å². The minimum absolute atomic E-state index is 0.0915. The van der Waals surface area contributed by atoms with Crippen molar-refractivity contribution in [1.82, 2.24) is 29.7 Å². The number of nitrogens with one attached hydrogen (secondary N) is 1. The lowest BCUT2D eigenvalue weighted by atomic mass is 9.85. The van der Waals surface area contributed by atoms with E-state index >= 15 is 0 Å². The van der Waals surface area contributed by atoms with E-state index in [4.69, 9.17) is 0 Å². The fourth-order valence-electron chi connectivity index (χ4n) is 6.08. The standard InChI is InChI=1S/C28H31F2N7O/c1-2-36-27(31-17-33-36)18-5-8-20(9-6-18)34-28(38)23-16-32-37-13-11-21(15-26(23)37)35-12-3-4-25(35)22-14-19(29)7-10-24(22)30/h7,10-11,13-18,20,25H,2-6,8-9,12H2,1H3,(H,34,38)/t18-,20-,25-/m1/s1. The summed E-state index contributed by atoms with van der Waals surface area (Å²) in [7, 11) is 0. The van der Waals surface area contributed by atoms with Crippen LogP contribution in [0.2, 0.25) is 0 Å². The molecule has 0 bridgehead atoms. The monoisotopic (exact) mass is 519 g/mol. The number of anilines is 1. The molecular weight excluding hydrogens is 488 g/mol. The first-order valence-electron chi connectivity index (χ1n) is 13.4. The molecule has 38 heavy (non-hydrogen) atoms. The van der Waals surface area contributed by atoms with Crippen molar-refractivity contribution < 1.29 is 13.6 Å². The van der Waals surface area contributed by atoms with Crippen LogP contribution in [0, 0.1) is 11.6 Å². The number of nitrogens with zero attached hydrogens (tertiary/aromatic N) is 6. The number of carbonyl (C=O) groups is 1. The van der Waals surface area contributed by atoms with E-state index in [2.05, 4.69) is 32.3 Å². The second kappa shape index (κ2) is 10.2. The van der Waals surface area contributed by atoms with E-state index in [-0.39, 0.29) is 18.0 Å². The zero-order chi connectivity index (χ0) is 26.2. The second-order valence-corrected chi connectivity index (χ2v) is 10.2. The van der Waals surface area contributed by atoms with Gasteiger partial charge in [-0.2, -0.15) is 10.2 Å². The normalized spacial score (nSPS) is 21.8. The lowest BCUT2D eigenvalue weighted by Gasteiger charge is -2.29. The molecule has 1 aliphatic heterocycles. The highest BCUT2D eigenvalue weighted by molar-refractivity contribution is 6.01. The Balaban J connectivity index is 1.18. The SMILES string of the molecule is CCn1ncnc1[C@H]1CC[C@H](NC(=O)c2cnn3ccc(N4CCC[C@@H]4c4cc(F)ccc4F)cc23)CC1. The molecule has 0 unspecified atom stereocenters. The van der Waals surface area contributed by atoms with Crippen molar-refractivity contribution in [2.75, 3.05) is 11.4 Å². The lowest BCUT2D eigenvalue weighted by Crippen LogP contribution is -2.37. The summed E-state index contributed by atoms with van der Waals surface area (Å²) in [6, 6.07) is 7.28. The maximum absolute atomic E-state index is 14.6. The molecule has 1 atom stereocenters. The molecule has 1 saturated carbocycles. The van der Waals surface area contributed by atoms with Crippen molar-refractivity contribution in [1.29, 1.82) is 0 Å². The molecule has 2 aliphatic rings. The van der Waals surface area contributed by atoms with E-state index in [0.29, 0.717) is 22.6 Å². The third kappa shape index (κ3) is 4.52. The molecule has 4 aromatic rings. The Morgan fingerprint density at radius 1 is 1.08 bits per heavy atom. The van der Waals surface area contributed by atoms with E-state index in [9.17, 15) is 13.6 Å². The van der Waals surface area contributed by atoms with Crippen molar-refractivity contribution >= 4 is 17.1 Å². The average Bonchev–Trinajstić information content (AvgIpc) is 3.69. The predicted octanol–water partition coefficient (Wildman–Crippen LogP) is 5.02. The molecule has 4 heterocycles.